The Kier molecular flexibility index (Phi) is 15.0. The van der Waals surface area contributed by atoms with Crippen molar-refractivity contribution in [1.82, 2.24) is 43.6 Å². The van der Waals surface area contributed by atoms with Gasteiger partial charge in [0.2, 0.25) is 0 Å². The van der Waals surface area contributed by atoms with Crippen LogP contribution in [0.4, 0.5) is 0 Å². The minimum absolute atomic E-state index is 0.412. The summed E-state index contributed by atoms with van der Waals surface area (Å²) in [6.07, 6.45) is 11.0. The van der Waals surface area contributed by atoms with Crippen molar-refractivity contribution in [3.63, 3.8) is 0 Å². The summed E-state index contributed by atoms with van der Waals surface area (Å²) >= 11 is 14.8. The Hall–Kier alpha value is -14.9. The van der Waals surface area contributed by atoms with Gasteiger partial charge in [-0.2, -0.15) is 0 Å². The van der Waals surface area contributed by atoms with Crippen molar-refractivity contribution in [3.8, 4) is 39.3 Å². The van der Waals surface area contributed by atoms with Crippen LogP contribution in [0.2, 0.25) is 0 Å². The number of fused-ring (bicyclic) bond motifs is 52. The number of rotatable bonds is 3. The Labute approximate surface area is 780 Å². The van der Waals surface area contributed by atoms with Gasteiger partial charge in [-0.3, -0.25) is 0 Å². The van der Waals surface area contributed by atoms with E-state index in [0.29, 0.717) is 0 Å². The number of para-hydroxylation sites is 3. The van der Waals surface area contributed by atoms with Crippen LogP contribution in [0.3, 0.4) is 0 Å². The van der Waals surface area contributed by atoms with Gasteiger partial charge < -0.3 is 13.7 Å². The van der Waals surface area contributed by atoms with Crippen LogP contribution in [-0.2, 0) is 5.41 Å². The first-order valence-electron chi connectivity index (χ1n) is 44.0. The van der Waals surface area contributed by atoms with Crippen molar-refractivity contribution < 1.29 is 0 Å². The molecule has 14 heterocycles. The molecule has 0 N–H and O–H groups in total. The Balaban J connectivity index is 0.0000000944. The highest BCUT2D eigenvalue weighted by atomic mass is 32.1. The molecule has 14 aromatic heterocycles. The van der Waals surface area contributed by atoms with E-state index in [4.69, 9.17) is 15.0 Å². The second-order valence-electron chi connectivity index (χ2n) is 34.4. The topological polar surface area (TPSA) is 92.1 Å². The number of nitrogens with zero attached hydrogens (tertiary/aromatic N) is 9. The molecule has 132 heavy (non-hydrogen) atoms. The lowest BCUT2D eigenvalue weighted by Gasteiger charge is -2.30. The maximum absolute atomic E-state index is 4.82. The summed E-state index contributed by atoms with van der Waals surface area (Å²) in [7, 11) is 0. The van der Waals surface area contributed by atoms with E-state index in [0.717, 1.165) is 36.3 Å². The van der Waals surface area contributed by atoms with E-state index in [1.54, 1.807) is 53.0 Å². The smallest absolute Gasteiger partial charge is 0.127 e. The zero-order valence-electron chi connectivity index (χ0n) is 69.4. The summed E-state index contributed by atoms with van der Waals surface area (Å²) in [6.45, 7) is 0. The molecule has 17 aromatic carbocycles. The summed E-state index contributed by atoms with van der Waals surface area (Å²) in [5, 5.41) is 28.1. The van der Waals surface area contributed by atoms with Crippen molar-refractivity contribution in [1.29, 1.82) is 0 Å². The van der Waals surface area contributed by atoms with Gasteiger partial charge in [0.05, 0.1) is 48.9 Å². The van der Waals surface area contributed by atoms with Crippen molar-refractivity contribution in [2.75, 3.05) is 0 Å². The van der Waals surface area contributed by atoms with Gasteiger partial charge in [-0.1, -0.05) is 237 Å². The summed E-state index contributed by atoms with van der Waals surface area (Å²) in [4.78, 5) is 30.9. The Morgan fingerprint density at radius 1 is 0.205 bits per heavy atom. The highest BCUT2D eigenvalue weighted by Crippen LogP contribution is 2.65. The second-order valence-corrected chi connectivity index (χ2v) is 42.7. The molecule has 2 aliphatic carbocycles. The molecule has 1 spiro atoms. The van der Waals surface area contributed by atoms with Crippen molar-refractivity contribution >= 4 is 318 Å². The third-order valence-electron chi connectivity index (χ3n) is 28.1. The van der Waals surface area contributed by atoms with Gasteiger partial charge in [0, 0.05) is 205 Å². The predicted octanol–water partition coefficient (Wildman–Crippen LogP) is 34.0. The molecule has 0 bridgehead atoms. The van der Waals surface area contributed by atoms with Gasteiger partial charge in [-0.15, -0.1) is 90.7 Å². The van der Waals surface area contributed by atoms with Gasteiger partial charge in [-0.25, -0.2) is 29.9 Å². The lowest BCUT2D eigenvalue weighted by molar-refractivity contribution is 0.792. The van der Waals surface area contributed by atoms with E-state index in [9.17, 15) is 0 Å². The van der Waals surface area contributed by atoms with E-state index >= 15 is 0 Å². The van der Waals surface area contributed by atoms with Gasteiger partial charge in [0.1, 0.15) is 33.5 Å². The minimum atomic E-state index is -0.412. The molecule has 2 aliphatic rings. The molecule has 31 aromatic rings. The summed E-state index contributed by atoms with van der Waals surface area (Å²) in [6, 6.07) is 119. The first kappa shape index (κ1) is 73.0. The molecule has 0 fully saturated rings. The van der Waals surface area contributed by atoms with E-state index in [-0.39, 0.29) is 0 Å². The van der Waals surface area contributed by atoms with Crippen LogP contribution in [0.5, 0.6) is 0 Å². The number of benzene rings is 17. The van der Waals surface area contributed by atoms with E-state index in [2.05, 4.69) is 350 Å². The maximum Gasteiger partial charge on any atom is 0.127 e. The monoisotopic (exact) mass is 1820 g/mol. The van der Waals surface area contributed by atoms with Crippen LogP contribution >= 0.6 is 90.7 Å². The summed E-state index contributed by atoms with van der Waals surface area (Å²) < 4.78 is 24.7. The lowest BCUT2D eigenvalue weighted by atomic mass is 9.70. The fourth-order valence-electron chi connectivity index (χ4n) is 23.0. The van der Waals surface area contributed by atoms with Crippen molar-refractivity contribution in [2.24, 2.45) is 0 Å². The van der Waals surface area contributed by atoms with Gasteiger partial charge in [0.25, 0.3) is 0 Å². The Bertz CT molecular complexity index is 10400. The van der Waals surface area contributed by atoms with Crippen LogP contribution < -0.4 is 0 Å². The fraction of sp³-hybridized carbons (Fsp3) is 0.00870. The SMILES string of the molecule is c1ccc2c(c1)-c1ccccc1C21c2ccccc2-c2ccc(-n3c4ccccc4c4c5sc6ccccc6c5c5sc6ncncc6c5c43)cc21.c1ccc2c(c1)sc1c(-n3c4ccccc4c4c5sc6ccccc6c5c5sc6ncncc6c5c43)cccc12.c1ccc2c(c1)sc1ccc(-n3c4ccccc4c4c5sc6ccccc6c5c5sc6ncncc6c5c43)cc12. The summed E-state index contributed by atoms with van der Waals surface area (Å²) in [5.74, 6) is 0. The molecule has 0 atom stereocenters. The first-order chi connectivity index (χ1) is 65.5. The third kappa shape index (κ3) is 9.61. The zero-order valence-corrected chi connectivity index (χ0v) is 75.9. The Morgan fingerprint density at radius 2 is 0.523 bits per heavy atom. The van der Waals surface area contributed by atoms with Crippen LogP contribution in [0.15, 0.2) is 359 Å². The molecule has 33 rings (SSSR count). The predicted molar refractivity (Wildman–Crippen MR) is 569 cm³/mol. The van der Waals surface area contributed by atoms with Crippen LogP contribution in [-0.4, -0.2) is 43.6 Å². The first-order valence-corrected chi connectivity index (χ1v) is 50.5. The molecular weight excluding hydrogens is 1760 g/mol. The van der Waals surface area contributed by atoms with E-state index in [1.165, 1.54) is 252 Å². The van der Waals surface area contributed by atoms with E-state index < -0.39 is 5.41 Å². The molecule has 0 amide bonds. The van der Waals surface area contributed by atoms with Crippen LogP contribution in [0, 0.1) is 0 Å². The average molecular weight is 1820 g/mol. The zero-order chi connectivity index (χ0) is 85.6. The van der Waals surface area contributed by atoms with Gasteiger partial charge in [-0.05, 0) is 129 Å². The second kappa shape index (κ2) is 27.1. The molecule has 0 radical (unpaired) electrons. The van der Waals surface area contributed by atoms with Crippen LogP contribution in [0.25, 0.3) is 267 Å². The highest BCUT2D eigenvalue weighted by Gasteiger charge is 2.52. The fourth-order valence-corrected chi connectivity index (χ4v) is 32.8. The molecule has 0 unspecified atom stereocenters. The van der Waals surface area contributed by atoms with Crippen LogP contribution in [0.1, 0.15) is 22.3 Å². The Morgan fingerprint density at radius 3 is 0.985 bits per heavy atom. The number of hydrogen-bond acceptors (Lipinski definition) is 14. The molecule has 0 saturated carbocycles. The molecule has 0 saturated heterocycles. The standard InChI is InChI=1S/C47H25N3S2.2C34H17N3S3/c1-6-16-34-27(11-1)28-12-2-7-17-35(28)47(34)36-18-8-3-13-29(36)30-22-21-26(23-37(30)47)50-38-19-9-4-14-31(38)40-43(50)41-33-24-48-25-49-46(33)52-45(41)42-32-15-5-10-20-39(32)51-44(40)42;1-4-12-23-20(9-1)27-30(37(23)24-13-7-11-19-18-8-2-5-14-25(18)38-31(19)24)28-22-16-35-17-36-34(22)40-33(28)29-21-10-3-6-15-26(21)39-32(27)29;1-4-10-24-20(8-1)28-31(37(24)18-13-14-27-22(15-18)19-7-2-5-11-25(19)38-27)29-23-16-35-17-36-34(23)40-33(29)30-21-9-3-6-12-26(21)39-32(28)30/h1-25H;2*1-17H. The molecular formula is C115H59N9S8. The normalized spacial score (nSPS) is 13.1. The summed E-state index contributed by atoms with van der Waals surface area (Å²) in [5.41, 5.74) is 21.2. The largest absolute Gasteiger partial charge is 0.308 e. The minimum Gasteiger partial charge on any atom is -0.308 e. The molecule has 17 heteroatoms. The van der Waals surface area contributed by atoms with E-state index in [1.807, 2.05) is 75.3 Å². The molecule has 9 nitrogen and oxygen atoms in total. The van der Waals surface area contributed by atoms with Crippen molar-refractivity contribution in [2.45, 2.75) is 5.41 Å². The number of aromatic nitrogens is 9. The number of hydrogen-bond donors (Lipinski definition) is 0. The lowest BCUT2D eigenvalue weighted by Crippen LogP contribution is -2.26. The quantitative estimate of drug-likeness (QED) is 0.175. The molecule has 0 aliphatic heterocycles. The third-order valence-corrected chi connectivity index (χ3v) is 37.4. The van der Waals surface area contributed by atoms with Gasteiger partial charge >= 0.3 is 0 Å². The maximum atomic E-state index is 4.82. The highest BCUT2D eigenvalue weighted by molar-refractivity contribution is 7.32. The van der Waals surface area contributed by atoms with Crippen molar-refractivity contribution in [3.05, 3.63) is 381 Å². The average Bonchev–Trinajstić information content (AvgIpc) is 1.52. The number of thiophene rings is 8. The molecule has 612 valence electrons. The van der Waals surface area contributed by atoms with Gasteiger partial charge in [0.15, 0.2) is 0 Å².